The van der Waals surface area contributed by atoms with Crippen LogP contribution in [0.4, 0.5) is 11.4 Å². The number of hydrogen-bond acceptors (Lipinski definition) is 4. The smallest absolute Gasteiger partial charge is 0.250 e. The number of carbonyl (C=O) groups excluding carboxylic acids is 1. The number of carbonyl (C=O) groups is 1. The maximum Gasteiger partial charge on any atom is 0.250 e. The van der Waals surface area contributed by atoms with E-state index in [9.17, 15) is 9.90 Å². The number of nitrogens with two attached hydrogens (primary N) is 2. The van der Waals surface area contributed by atoms with Crippen molar-refractivity contribution in [2.45, 2.75) is 18.9 Å². The van der Waals surface area contributed by atoms with Crippen LogP contribution in [0.25, 0.3) is 0 Å². The third kappa shape index (κ3) is 2.68. The zero-order valence-corrected chi connectivity index (χ0v) is 9.52. The van der Waals surface area contributed by atoms with Crippen LogP contribution in [0.15, 0.2) is 18.2 Å². The van der Waals surface area contributed by atoms with E-state index in [0.717, 1.165) is 19.4 Å². The number of aliphatic hydroxyl groups excluding tert-OH is 1. The second kappa shape index (κ2) is 4.63. The summed E-state index contributed by atoms with van der Waals surface area (Å²) in [6.45, 7) is 0.723. The Hall–Kier alpha value is -1.75. The summed E-state index contributed by atoms with van der Waals surface area (Å²) in [5, 5.41) is 12.3. The molecule has 1 aliphatic carbocycles. The molecule has 0 unspecified atom stereocenters. The number of anilines is 2. The molecule has 0 heterocycles. The van der Waals surface area contributed by atoms with Crippen LogP contribution in [0.5, 0.6) is 0 Å². The Balaban J connectivity index is 2.03. The number of aliphatic hydroxyl groups is 1. The van der Waals surface area contributed by atoms with Crippen LogP contribution in [0.2, 0.25) is 0 Å². The maximum absolute atomic E-state index is 11.2. The van der Waals surface area contributed by atoms with Crippen molar-refractivity contribution in [3.63, 3.8) is 0 Å². The van der Waals surface area contributed by atoms with E-state index >= 15 is 0 Å². The average Bonchev–Trinajstić information content (AvgIpc) is 2.22. The van der Waals surface area contributed by atoms with Crippen LogP contribution < -0.4 is 16.8 Å². The summed E-state index contributed by atoms with van der Waals surface area (Å²) in [6, 6.07) is 4.98. The standard InChI is InChI=1S/C12H17N3O2/c13-8-1-2-10(12(14)17)11(5-8)15-6-7-3-9(16)4-7/h1-2,5,7,9,15-16H,3-4,6,13H2,(H2,14,17). The quantitative estimate of drug-likeness (QED) is 0.572. The molecule has 0 aliphatic heterocycles. The van der Waals surface area contributed by atoms with Crippen molar-refractivity contribution in [3.8, 4) is 0 Å². The summed E-state index contributed by atoms with van der Waals surface area (Å²) in [7, 11) is 0. The van der Waals surface area contributed by atoms with Gasteiger partial charge in [0.15, 0.2) is 0 Å². The summed E-state index contributed by atoms with van der Waals surface area (Å²) in [4.78, 5) is 11.2. The van der Waals surface area contributed by atoms with E-state index in [4.69, 9.17) is 11.5 Å². The Morgan fingerprint density at radius 3 is 2.76 bits per heavy atom. The lowest BCUT2D eigenvalue weighted by Crippen LogP contribution is -2.33. The lowest BCUT2D eigenvalue weighted by Gasteiger charge is -2.31. The largest absolute Gasteiger partial charge is 0.399 e. The molecule has 2 rings (SSSR count). The number of primary amides is 1. The van der Waals surface area contributed by atoms with Gasteiger partial charge in [-0.15, -0.1) is 0 Å². The molecule has 0 atom stereocenters. The fourth-order valence-corrected chi connectivity index (χ4v) is 2.04. The molecule has 0 bridgehead atoms. The molecule has 5 heteroatoms. The summed E-state index contributed by atoms with van der Waals surface area (Å²) in [6.07, 6.45) is 1.45. The summed E-state index contributed by atoms with van der Waals surface area (Å²) in [5.41, 5.74) is 12.6. The van der Waals surface area contributed by atoms with Crippen molar-refractivity contribution in [1.29, 1.82) is 0 Å². The van der Waals surface area contributed by atoms with Gasteiger partial charge >= 0.3 is 0 Å². The SMILES string of the molecule is NC(=O)c1ccc(N)cc1NCC1CC(O)C1. The number of rotatable bonds is 4. The molecule has 6 N–H and O–H groups in total. The number of nitrogen functional groups attached to an aromatic ring is 1. The first-order valence-electron chi connectivity index (χ1n) is 5.67. The number of nitrogens with one attached hydrogen (secondary N) is 1. The van der Waals surface area contributed by atoms with Crippen LogP contribution in [-0.4, -0.2) is 23.7 Å². The topological polar surface area (TPSA) is 101 Å². The monoisotopic (exact) mass is 235 g/mol. The molecule has 1 amide bonds. The van der Waals surface area contributed by atoms with Crippen LogP contribution in [0.3, 0.4) is 0 Å². The highest BCUT2D eigenvalue weighted by Gasteiger charge is 2.26. The molecule has 0 saturated heterocycles. The number of amides is 1. The molecule has 5 nitrogen and oxygen atoms in total. The lowest BCUT2D eigenvalue weighted by molar-refractivity contribution is 0.0486. The third-order valence-electron chi connectivity index (χ3n) is 3.10. The van der Waals surface area contributed by atoms with Gasteiger partial charge in [0, 0.05) is 17.9 Å². The van der Waals surface area contributed by atoms with E-state index in [1.54, 1.807) is 18.2 Å². The van der Waals surface area contributed by atoms with Crippen LogP contribution >= 0.6 is 0 Å². The highest BCUT2D eigenvalue weighted by molar-refractivity contribution is 5.99. The second-order valence-corrected chi connectivity index (χ2v) is 4.54. The number of hydrogen-bond donors (Lipinski definition) is 4. The number of benzene rings is 1. The molecule has 1 aliphatic rings. The van der Waals surface area contributed by atoms with Gasteiger partial charge in [0.25, 0.3) is 5.91 Å². The molecule has 0 radical (unpaired) electrons. The molecule has 0 aromatic heterocycles. The van der Waals surface area contributed by atoms with Gasteiger partial charge in [-0.05, 0) is 37.0 Å². The van der Waals surface area contributed by atoms with Gasteiger partial charge in [0.2, 0.25) is 0 Å². The van der Waals surface area contributed by atoms with Crippen LogP contribution in [0, 0.1) is 5.92 Å². The maximum atomic E-state index is 11.2. The summed E-state index contributed by atoms with van der Waals surface area (Å²) < 4.78 is 0. The molecule has 1 fully saturated rings. The predicted octanol–water partition coefficient (Wildman–Crippen LogP) is 0.550. The van der Waals surface area contributed by atoms with Gasteiger partial charge in [0.05, 0.1) is 11.7 Å². The third-order valence-corrected chi connectivity index (χ3v) is 3.10. The van der Waals surface area contributed by atoms with Gasteiger partial charge in [-0.25, -0.2) is 0 Å². The fraction of sp³-hybridized carbons (Fsp3) is 0.417. The zero-order chi connectivity index (χ0) is 12.4. The minimum atomic E-state index is -0.471. The summed E-state index contributed by atoms with van der Waals surface area (Å²) in [5.74, 6) is -0.0201. The molecule has 1 aromatic rings. The second-order valence-electron chi connectivity index (χ2n) is 4.54. The van der Waals surface area contributed by atoms with Crippen LogP contribution in [0.1, 0.15) is 23.2 Å². The van der Waals surface area contributed by atoms with Crippen molar-refractivity contribution < 1.29 is 9.90 Å². The molecule has 17 heavy (non-hydrogen) atoms. The first kappa shape index (κ1) is 11.7. The first-order valence-corrected chi connectivity index (χ1v) is 5.67. The van der Waals surface area contributed by atoms with E-state index in [1.165, 1.54) is 0 Å². The fourth-order valence-electron chi connectivity index (χ4n) is 2.04. The molecule has 0 spiro atoms. The van der Waals surface area contributed by atoms with Gasteiger partial charge in [-0.1, -0.05) is 0 Å². The minimum Gasteiger partial charge on any atom is -0.399 e. The molecule has 1 saturated carbocycles. The Labute approximate surface area is 99.8 Å². The van der Waals surface area contributed by atoms with Crippen LogP contribution in [-0.2, 0) is 0 Å². The van der Waals surface area contributed by atoms with Gasteiger partial charge in [-0.3, -0.25) is 4.79 Å². The average molecular weight is 235 g/mol. The van der Waals surface area contributed by atoms with Crippen molar-refractivity contribution in [2.75, 3.05) is 17.6 Å². The Kier molecular flexibility index (Phi) is 3.19. The highest BCUT2D eigenvalue weighted by Crippen LogP contribution is 2.28. The normalized spacial score (nSPS) is 22.9. The van der Waals surface area contributed by atoms with E-state index in [-0.39, 0.29) is 6.10 Å². The summed E-state index contributed by atoms with van der Waals surface area (Å²) >= 11 is 0. The van der Waals surface area contributed by atoms with Crippen molar-refractivity contribution in [3.05, 3.63) is 23.8 Å². The van der Waals surface area contributed by atoms with Gasteiger partial charge in [-0.2, -0.15) is 0 Å². The van der Waals surface area contributed by atoms with E-state index in [1.807, 2.05) is 0 Å². The Bertz CT molecular complexity index is 428. The lowest BCUT2D eigenvalue weighted by atomic mass is 9.82. The Morgan fingerprint density at radius 1 is 1.47 bits per heavy atom. The zero-order valence-electron chi connectivity index (χ0n) is 9.52. The van der Waals surface area contributed by atoms with Crippen molar-refractivity contribution in [1.82, 2.24) is 0 Å². The molecule has 92 valence electrons. The highest BCUT2D eigenvalue weighted by atomic mass is 16.3. The molecular weight excluding hydrogens is 218 g/mol. The van der Waals surface area contributed by atoms with Crippen molar-refractivity contribution >= 4 is 17.3 Å². The first-order chi connectivity index (χ1) is 8.06. The Morgan fingerprint density at radius 2 is 2.18 bits per heavy atom. The van der Waals surface area contributed by atoms with Gasteiger partial charge < -0.3 is 21.9 Å². The van der Waals surface area contributed by atoms with Crippen molar-refractivity contribution in [2.24, 2.45) is 11.7 Å². The van der Waals surface area contributed by atoms with E-state index in [0.29, 0.717) is 22.9 Å². The molecule has 1 aromatic carbocycles. The van der Waals surface area contributed by atoms with E-state index < -0.39 is 5.91 Å². The molecular formula is C12H17N3O2. The minimum absolute atomic E-state index is 0.168. The van der Waals surface area contributed by atoms with Gasteiger partial charge in [0.1, 0.15) is 0 Å². The van der Waals surface area contributed by atoms with E-state index in [2.05, 4.69) is 5.32 Å². The predicted molar refractivity (Wildman–Crippen MR) is 66.6 cm³/mol.